The molecule has 0 aliphatic heterocycles. The Morgan fingerprint density at radius 3 is 2.46 bits per heavy atom. The van der Waals surface area contributed by atoms with Crippen LogP contribution in [0.4, 0.5) is 16.3 Å². The lowest BCUT2D eigenvalue weighted by atomic mass is 10.2. The number of carbonyl (C=O) groups is 2. The third-order valence-corrected chi connectivity index (χ3v) is 3.69. The number of anilines is 2. The van der Waals surface area contributed by atoms with Crippen molar-refractivity contribution < 1.29 is 9.59 Å². The first kappa shape index (κ1) is 18.8. The summed E-state index contributed by atoms with van der Waals surface area (Å²) >= 11 is 0. The minimum absolute atomic E-state index is 0.0253. The van der Waals surface area contributed by atoms with Gasteiger partial charge in [0.15, 0.2) is 0 Å². The molecule has 1 heterocycles. The smallest absolute Gasteiger partial charge is 0.330 e. The molecule has 0 saturated carbocycles. The fourth-order valence-electron chi connectivity index (χ4n) is 2.51. The van der Waals surface area contributed by atoms with E-state index in [1.54, 1.807) is 6.92 Å². The first-order chi connectivity index (χ1) is 12.3. The van der Waals surface area contributed by atoms with Gasteiger partial charge in [-0.3, -0.25) is 24.5 Å². The van der Waals surface area contributed by atoms with Crippen LogP contribution in [0.15, 0.2) is 39.9 Å². The zero-order valence-corrected chi connectivity index (χ0v) is 14.2. The lowest BCUT2D eigenvalue weighted by molar-refractivity contribution is -0.118. The van der Waals surface area contributed by atoms with E-state index in [1.165, 1.54) is 9.47 Å². The number of benzene rings is 1. The van der Waals surface area contributed by atoms with Crippen molar-refractivity contribution in [3.63, 3.8) is 0 Å². The van der Waals surface area contributed by atoms with E-state index in [-0.39, 0.29) is 31.1 Å². The summed E-state index contributed by atoms with van der Waals surface area (Å²) in [4.78, 5) is 50.6. The zero-order chi connectivity index (χ0) is 19.3. The van der Waals surface area contributed by atoms with Crippen molar-refractivity contribution in [3.05, 3.63) is 56.7 Å². The maximum absolute atomic E-state index is 12.3. The molecule has 0 bridgehead atoms. The molecular weight excluding hydrogens is 340 g/mol. The van der Waals surface area contributed by atoms with Crippen LogP contribution in [0.3, 0.4) is 0 Å². The number of nitrogen functional groups attached to an aromatic ring is 1. The van der Waals surface area contributed by atoms with E-state index in [2.05, 4.69) is 4.98 Å². The van der Waals surface area contributed by atoms with Gasteiger partial charge in [-0.15, -0.1) is 0 Å². The molecule has 0 atom stereocenters. The molecule has 1 aromatic heterocycles. The van der Waals surface area contributed by atoms with Crippen molar-refractivity contribution in [2.24, 2.45) is 5.73 Å². The predicted molar refractivity (Wildman–Crippen MR) is 96.9 cm³/mol. The van der Waals surface area contributed by atoms with Gasteiger partial charge in [0.05, 0.1) is 13.1 Å². The maximum atomic E-state index is 12.3. The highest BCUT2D eigenvalue weighted by molar-refractivity contribution is 5.96. The fourth-order valence-corrected chi connectivity index (χ4v) is 2.51. The summed E-state index contributed by atoms with van der Waals surface area (Å²) in [6.07, 6.45) is 0. The molecule has 0 spiro atoms. The van der Waals surface area contributed by atoms with Gasteiger partial charge in [-0.2, -0.15) is 0 Å². The molecule has 0 aliphatic carbocycles. The number of urea groups is 1. The van der Waals surface area contributed by atoms with E-state index >= 15 is 0 Å². The molecule has 6 N–H and O–H groups in total. The summed E-state index contributed by atoms with van der Waals surface area (Å²) in [6.45, 7) is 1.77. The van der Waals surface area contributed by atoms with Crippen LogP contribution in [0.1, 0.15) is 12.5 Å². The normalized spacial score (nSPS) is 10.3. The lowest BCUT2D eigenvalue weighted by Crippen LogP contribution is -2.45. The van der Waals surface area contributed by atoms with E-state index < -0.39 is 23.2 Å². The molecule has 10 nitrogen and oxygen atoms in total. The van der Waals surface area contributed by atoms with Gasteiger partial charge >= 0.3 is 11.7 Å². The number of nitrogens with one attached hydrogen (secondary N) is 2. The minimum atomic E-state index is -0.998. The van der Waals surface area contributed by atoms with Crippen molar-refractivity contribution in [2.45, 2.75) is 13.5 Å². The molecule has 10 heteroatoms. The van der Waals surface area contributed by atoms with Gasteiger partial charge in [-0.05, 0) is 12.5 Å². The number of aromatic amines is 1. The molecule has 0 radical (unpaired) electrons. The number of imide groups is 1. The van der Waals surface area contributed by atoms with Gasteiger partial charge in [0.2, 0.25) is 5.91 Å². The number of amides is 3. The monoisotopic (exact) mass is 360 g/mol. The van der Waals surface area contributed by atoms with Crippen LogP contribution in [0, 0.1) is 0 Å². The number of primary amides is 1. The van der Waals surface area contributed by atoms with Crippen molar-refractivity contribution in [1.29, 1.82) is 0 Å². The van der Waals surface area contributed by atoms with E-state index in [4.69, 9.17) is 11.5 Å². The number of carbonyl (C=O) groups excluding carboxylic acids is 2. The Morgan fingerprint density at radius 1 is 1.23 bits per heavy atom. The molecule has 2 rings (SSSR count). The topological polar surface area (TPSA) is 156 Å². The second kappa shape index (κ2) is 8.01. The fraction of sp³-hybridized carbons (Fsp3) is 0.250. The molecule has 138 valence electrons. The standard InChI is InChI=1S/C16H20N6O4/c1-2-21(9-11(23)19-15(18)25)12-13(17)22(16(26)20-14(12)24)8-10-6-4-3-5-7-10/h3-7H,2,8-9,17H2,1H3,(H,20,24,26)(H3,18,19,23,25). The van der Waals surface area contributed by atoms with Gasteiger partial charge in [0.1, 0.15) is 11.5 Å². The van der Waals surface area contributed by atoms with Crippen molar-refractivity contribution >= 4 is 23.4 Å². The Morgan fingerprint density at radius 2 is 1.88 bits per heavy atom. The van der Waals surface area contributed by atoms with Gasteiger partial charge in [-0.1, -0.05) is 30.3 Å². The number of hydrogen-bond acceptors (Lipinski definition) is 6. The van der Waals surface area contributed by atoms with E-state index in [1.807, 2.05) is 35.6 Å². The van der Waals surface area contributed by atoms with Crippen LogP contribution in [-0.2, 0) is 11.3 Å². The molecule has 0 saturated heterocycles. The zero-order valence-electron chi connectivity index (χ0n) is 14.2. The molecule has 2 aromatic rings. The van der Waals surface area contributed by atoms with Gasteiger partial charge in [-0.25, -0.2) is 9.59 Å². The first-order valence-electron chi connectivity index (χ1n) is 7.84. The molecule has 0 unspecified atom stereocenters. The molecule has 26 heavy (non-hydrogen) atoms. The van der Waals surface area contributed by atoms with Crippen LogP contribution in [-0.4, -0.2) is 34.6 Å². The summed E-state index contributed by atoms with van der Waals surface area (Å²) in [5.41, 5.74) is 10.4. The summed E-state index contributed by atoms with van der Waals surface area (Å²) < 4.78 is 1.21. The molecule has 3 amide bonds. The van der Waals surface area contributed by atoms with Gasteiger partial charge in [0.25, 0.3) is 5.56 Å². The van der Waals surface area contributed by atoms with E-state index in [0.29, 0.717) is 0 Å². The summed E-state index contributed by atoms with van der Waals surface area (Å²) in [5.74, 6) is -0.768. The average Bonchev–Trinajstić information content (AvgIpc) is 2.57. The first-order valence-corrected chi connectivity index (χ1v) is 7.84. The lowest BCUT2D eigenvalue weighted by Gasteiger charge is -2.24. The third-order valence-electron chi connectivity index (χ3n) is 3.69. The van der Waals surface area contributed by atoms with Crippen LogP contribution in [0.5, 0.6) is 0 Å². The quantitative estimate of drug-likeness (QED) is 0.528. The Kier molecular flexibility index (Phi) is 5.78. The van der Waals surface area contributed by atoms with Crippen LogP contribution in [0.25, 0.3) is 0 Å². The van der Waals surface area contributed by atoms with Gasteiger partial charge in [0, 0.05) is 6.54 Å². The number of rotatable bonds is 6. The van der Waals surface area contributed by atoms with Crippen LogP contribution < -0.4 is 32.9 Å². The SMILES string of the molecule is CCN(CC(=O)NC(N)=O)c1c(N)n(Cc2ccccc2)c(=O)[nH]c1=O. The van der Waals surface area contributed by atoms with Gasteiger partial charge < -0.3 is 16.4 Å². The molecular formula is C16H20N6O4. The number of hydrogen-bond donors (Lipinski definition) is 4. The van der Waals surface area contributed by atoms with E-state index in [0.717, 1.165) is 5.56 Å². The Balaban J connectivity index is 2.42. The van der Waals surface area contributed by atoms with Crippen LogP contribution in [0.2, 0.25) is 0 Å². The average molecular weight is 360 g/mol. The van der Waals surface area contributed by atoms with Crippen molar-refractivity contribution in [3.8, 4) is 0 Å². The second-order valence-electron chi connectivity index (χ2n) is 5.49. The second-order valence-corrected chi connectivity index (χ2v) is 5.49. The summed E-state index contributed by atoms with van der Waals surface area (Å²) in [5, 5.41) is 1.92. The highest BCUT2D eigenvalue weighted by atomic mass is 16.2. The largest absolute Gasteiger partial charge is 0.383 e. The number of aromatic nitrogens is 2. The Hall–Kier alpha value is -3.56. The molecule has 0 aliphatic rings. The number of nitrogens with two attached hydrogens (primary N) is 2. The van der Waals surface area contributed by atoms with E-state index in [9.17, 15) is 19.2 Å². The highest BCUT2D eigenvalue weighted by Gasteiger charge is 2.20. The number of H-pyrrole nitrogens is 1. The number of nitrogens with zero attached hydrogens (tertiary/aromatic N) is 2. The Bertz CT molecular complexity index is 919. The summed E-state index contributed by atoms with van der Waals surface area (Å²) in [7, 11) is 0. The van der Waals surface area contributed by atoms with Crippen LogP contribution >= 0.6 is 0 Å². The minimum Gasteiger partial charge on any atom is -0.383 e. The predicted octanol–water partition coefficient (Wildman–Crippen LogP) is -0.812. The van der Waals surface area contributed by atoms with Crippen molar-refractivity contribution in [1.82, 2.24) is 14.9 Å². The Labute approximate surface area is 148 Å². The maximum Gasteiger partial charge on any atom is 0.330 e. The molecule has 1 aromatic carbocycles. The third kappa shape index (κ3) is 4.29. The molecule has 0 fully saturated rings. The summed E-state index contributed by atoms with van der Waals surface area (Å²) in [6, 6.07) is 8.10. The number of likely N-dealkylation sites (N-methyl/N-ethyl adjacent to an activating group) is 1. The highest BCUT2D eigenvalue weighted by Crippen LogP contribution is 2.17. The van der Waals surface area contributed by atoms with Crippen molar-refractivity contribution in [2.75, 3.05) is 23.7 Å².